The molecule has 0 amide bonds. The third-order valence-electron chi connectivity index (χ3n) is 3.23. The van der Waals surface area contributed by atoms with E-state index in [0.29, 0.717) is 10.9 Å². The van der Waals surface area contributed by atoms with Crippen LogP contribution in [-0.2, 0) is 6.42 Å². The number of hydrogen-bond acceptors (Lipinski definition) is 3. The molecule has 0 fully saturated rings. The Morgan fingerprint density at radius 3 is 2.71 bits per heavy atom. The molecule has 6 heteroatoms. The molecule has 0 aliphatic rings. The van der Waals surface area contributed by atoms with Crippen LogP contribution in [0.3, 0.4) is 0 Å². The molecule has 0 radical (unpaired) electrons. The molecule has 0 saturated carbocycles. The van der Waals surface area contributed by atoms with E-state index in [0.717, 1.165) is 21.3 Å². The highest BCUT2D eigenvalue weighted by molar-refractivity contribution is 9.10. The molecule has 2 aromatic rings. The SMILES string of the molecule is COc1cc(Br)ccc1C(Cc1cccc(F)c1Br)NN. The average molecular weight is 418 g/mol. The average Bonchev–Trinajstić information content (AvgIpc) is 2.49. The van der Waals surface area contributed by atoms with E-state index in [1.165, 1.54) is 6.07 Å². The summed E-state index contributed by atoms with van der Waals surface area (Å²) in [6.45, 7) is 0. The summed E-state index contributed by atoms with van der Waals surface area (Å²) in [4.78, 5) is 0. The molecular weight excluding hydrogens is 403 g/mol. The van der Waals surface area contributed by atoms with Crippen molar-refractivity contribution in [2.45, 2.75) is 12.5 Å². The lowest BCUT2D eigenvalue weighted by atomic mass is 9.98. The van der Waals surface area contributed by atoms with Crippen molar-refractivity contribution in [3.8, 4) is 5.75 Å². The van der Waals surface area contributed by atoms with Crippen LogP contribution in [0.1, 0.15) is 17.2 Å². The largest absolute Gasteiger partial charge is 0.496 e. The number of nitrogens with two attached hydrogens (primary N) is 1. The third-order valence-corrected chi connectivity index (χ3v) is 4.61. The minimum atomic E-state index is -0.286. The van der Waals surface area contributed by atoms with Gasteiger partial charge in [0.1, 0.15) is 11.6 Å². The molecule has 0 aromatic heterocycles. The maximum atomic E-state index is 13.6. The minimum absolute atomic E-state index is 0.189. The molecule has 0 aliphatic heterocycles. The topological polar surface area (TPSA) is 47.3 Å². The fourth-order valence-corrected chi connectivity index (χ4v) is 2.92. The van der Waals surface area contributed by atoms with Gasteiger partial charge in [0.05, 0.1) is 17.6 Å². The minimum Gasteiger partial charge on any atom is -0.496 e. The maximum absolute atomic E-state index is 13.6. The molecule has 1 unspecified atom stereocenters. The van der Waals surface area contributed by atoms with Crippen LogP contribution in [0, 0.1) is 5.82 Å². The van der Waals surface area contributed by atoms with Gasteiger partial charge in [-0.05, 0) is 46.1 Å². The van der Waals surface area contributed by atoms with E-state index < -0.39 is 0 Å². The van der Waals surface area contributed by atoms with Gasteiger partial charge in [0.2, 0.25) is 0 Å². The molecule has 2 rings (SSSR count). The second kappa shape index (κ2) is 7.35. The van der Waals surface area contributed by atoms with Gasteiger partial charge in [0.25, 0.3) is 0 Å². The number of benzene rings is 2. The van der Waals surface area contributed by atoms with Crippen molar-refractivity contribution in [1.29, 1.82) is 0 Å². The fraction of sp³-hybridized carbons (Fsp3) is 0.200. The second-order valence-corrected chi connectivity index (χ2v) is 6.23. The number of rotatable bonds is 5. The van der Waals surface area contributed by atoms with Crippen LogP contribution in [0.2, 0.25) is 0 Å². The Balaban J connectivity index is 2.34. The lowest BCUT2D eigenvalue weighted by Crippen LogP contribution is -2.30. The molecule has 0 spiro atoms. The molecule has 112 valence electrons. The van der Waals surface area contributed by atoms with Crippen LogP contribution >= 0.6 is 31.9 Å². The number of nitrogens with one attached hydrogen (secondary N) is 1. The zero-order chi connectivity index (χ0) is 15.4. The van der Waals surface area contributed by atoms with E-state index in [2.05, 4.69) is 37.3 Å². The Hall–Kier alpha value is -0.950. The molecule has 2 aromatic carbocycles. The van der Waals surface area contributed by atoms with Gasteiger partial charge >= 0.3 is 0 Å². The van der Waals surface area contributed by atoms with E-state index in [4.69, 9.17) is 10.6 Å². The first-order valence-corrected chi connectivity index (χ1v) is 7.88. The Labute approximate surface area is 139 Å². The van der Waals surface area contributed by atoms with Gasteiger partial charge in [-0.15, -0.1) is 0 Å². The number of methoxy groups -OCH3 is 1. The van der Waals surface area contributed by atoms with Crippen LogP contribution < -0.4 is 16.0 Å². The van der Waals surface area contributed by atoms with Crippen molar-refractivity contribution in [3.05, 3.63) is 62.3 Å². The first-order valence-electron chi connectivity index (χ1n) is 6.29. The van der Waals surface area contributed by atoms with E-state index in [1.54, 1.807) is 13.2 Å². The Kier molecular flexibility index (Phi) is 5.75. The number of hydrazine groups is 1. The van der Waals surface area contributed by atoms with Gasteiger partial charge in [0, 0.05) is 10.0 Å². The molecule has 0 bridgehead atoms. The summed E-state index contributed by atoms with van der Waals surface area (Å²) in [6, 6.07) is 10.5. The molecule has 0 aliphatic carbocycles. The van der Waals surface area contributed by atoms with Gasteiger partial charge in [-0.1, -0.05) is 34.1 Å². The molecule has 21 heavy (non-hydrogen) atoms. The standard InChI is InChI=1S/C15H15Br2FN2O/c1-21-14-8-10(16)5-6-11(14)13(20-19)7-9-3-2-4-12(18)15(9)17/h2-6,8,13,20H,7,19H2,1H3. The highest BCUT2D eigenvalue weighted by atomic mass is 79.9. The summed E-state index contributed by atoms with van der Waals surface area (Å²) >= 11 is 6.68. The normalized spacial score (nSPS) is 12.2. The lowest BCUT2D eigenvalue weighted by molar-refractivity contribution is 0.398. The molecule has 3 N–H and O–H groups in total. The van der Waals surface area contributed by atoms with Crippen molar-refractivity contribution in [2.75, 3.05) is 7.11 Å². The fourth-order valence-electron chi connectivity index (χ4n) is 2.16. The zero-order valence-corrected chi connectivity index (χ0v) is 14.5. The number of halogens is 3. The van der Waals surface area contributed by atoms with Crippen molar-refractivity contribution < 1.29 is 9.13 Å². The highest BCUT2D eigenvalue weighted by Crippen LogP contribution is 2.32. The van der Waals surface area contributed by atoms with E-state index >= 15 is 0 Å². The molecule has 0 heterocycles. The van der Waals surface area contributed by atoms with Gasteiger partial charge in [-0.25, -0.2) is 4.39 Å². The van der Waals surface area contributed by atoms with Crippen LogP contribution in [-0.4, -0.2) is 7.11 Å². The van der Waals surface area contributed by atoms with Crippen LogP contribution in [0.15, 0.2) is 45.3 Å². The number of ether oxygens (including phenoxy) is 1. The first-order chi connectivity index (χ1) is 10.1. The molecular formula is C15H15Br2FN2O. The Bertz CT molecular complexity index is 637. The highest BCUT2D eigenvalue weighted by Gasteiger charge is 2.18. The monoisotopic (exact) mass is 416 g/mol. The van der Waals surface area contributed by atoms with E-state index in [1.807, 2.05) is 24.3 Å². The Morgan fingerprint density at radius 1 is 1.29 bits per heavy atom. The summed E-state index contributed by atoms with van der Waals surface area (Å²) in [5.74, 6) is 6.11. The predicted octanol–water partition coefficient (Wildman–Crippen LogP) is 4.11. The third kappa shape index (κ3) is 3.83. The summed E-state index contributed by atoms with van der Waals surface area (Å²) < 4.78 is 20.4. The van der Waals surface area contributed by atoms with Crippen LogP contribution in [0.25, 0.3) is 0 Å². The van der Waals surface area contributed by atoms with Gasteiger partial charge in [-0.2, -0.15) is 0 Å². The zero-order valence-electron chi connectivity index (χ0n) is 11.4. The Morgan fingerprint density at radius 2 is 2.05 bits per heavy atom. The summed E-state index contributed by atoms with van der Waals surface area (Å²) in [5.41, 5.74) is 4.52. The second-order valence-electron chi connectivity index (χ2n) is 4.52. The lowest BCUT2D eigenvalue weighted by Gasteiger charge is -2.20. The van der Waals surface area contributed by atoms with E-state index in [9.17, 15) is 4.39 Å². The van der Waals surface area contributed by atoms with E-state index in [-0.39, 0.29) is 11.9 Å². The van der Waals surface area contributed by atoms with Crippen molar-refractivity contribution in [3.63, 3.8) is 0 Å². The molecule has 1 atom stereocenters. The number of hydrogen-bond donors (Lipinski definition) is 2. The van der Waals surface area contributed by atoms with Crippen LogP contribution in [0.4, 0.5) is 4.39 Å². The van der Waals surface area contributed by atoms with Gasteiger partial charge in [-0.3, -0.25) is 11.3 Å². The summed E-state index contributed by atoms with van der Waals surface area (Å²) in [6.07, 6.45) is 0.535. The maximum Gasteiger partial charge on any atom is 0.137 e. The van der Waals surface area contributed by atoms with Gasteiger partial charge in [0.15, 0.2) is 0 Å². The van der Waals surface area contributed by atoms with Crippen molar-refractivity contribution in [2.24, 2.45) is 5.84 Å². The summed E-state index contributed by atoms with van der Waals surface area (Å²) in [7, 11) is 1.61. The first kappa shape index (κ1) is 16.4. The van der Waals surface area contributed by atoms with Crippen LogP contribution in [0.5, 0.6) is 5.75 Å². The van der Waals surface area contributed by atoms with Gasteiger partial charge < -0.3 is 4.74 Å². The summed E-state index contributed by atoms with van der Waals surface area (Å²) in [5, 5.41) is 0. The predicted molar refractivity (Wildman–Crippen MR) is 88.6 cm³/mol. The molecule has 0 saturated heterocycles. The smallest absolute Gasteiger partial charge is 0.137 e. The van der Waals surface area contributed by atoms with Crippen molar-refractivity contribution in [1.82, 2.24) is 5.43 Å². The molecule has 3 nitrogen and oxygen atoms in total. The quantitative estimate of drug-likeness (QED) is 0.568. The van der Waals surface area contributed by atoms with Crippen molar-refractivity contribution >= 4 is 31.9 Å².